The molecule has 0 aliphatic carbocycles. The third kappa shape index (κ3) is 4.63. The molecule has 0 bridgehead atoms. The number of rotatable bonds is 8. The predicted molar refractivity (Wildman–Crippen MR) is 129 cm³/mol. The van der Waals surface area contributed by atoms with Gasteiger partial charge in [0.2, 0.25) is 5.91 Å². The molecule has 0 spiro atoms. The van der Waals surface area contributed by atoms with Gasteiger partial charge in [-0.15, -0.1) is 0 Å². The molecule has 9 nitrogen and oxygen atoms in total. The van der Waals surface area contributed by atoms with E-state index < -0.39 is 0 Å². The largest absolute Gasteiger partial charge is 0.493 e. The first-order chi connectivity index (χ1) is 16.4. The molecule has 4 rings (SSSR count). The quantitative estimate of drug-likeness (QED) is 0.433. The Morgan fingerprint density at radius 2 is 1.85 bits per heavy atom. The summed E-state index contributed by atoms with van der Waals surface area (Å²) in [5.41, 5.74) is 4.18. The molecular formula is C25H27N5O4. The van der Waals surface area contributed by atoms with Crippen molar-refractivity contribution < 1.29 is 14.3 Å². The molecule has 0 radical (unpaired) electrons. The van der Waals surface area contributed by atoms with E-state index in [1.807, 2.05) is 44.2 Å². The fourth-order valence-electron chi connectivity index (χ4n) is 3.87. The molecule has 176 valence electrons. The second-order valence-electron chi connectivity index (χ2n) is 8.05. The fourth-order valence-corrected chi connectivity index (χ4v) is 3.87. The standard InChI is InChI=1S/C25H27N5O4/c1-16-5-7-20(17(2)11-16)30-24-19(13-28-30)25(32)29(15-27-24)14-23(31)26-10-9-18-6-8-21(33-3)22(12-18)34-4/h5-8,11-13,15H,9-10,14H2,1-4H3,(H,26,31). The lowest BCUT2D eigenvalue weighted by Crippen LogP contribution is -2.33. The molecule has 0 aliphatic rings. The maximum atomic E-state index is 12.9. The van der Waals surface area contributed by atoms with Crippen LogP contribution in [0.4, 0.5) is 0 Å². The zero-order valence-electron chi connectivity index (χ0n) is 19.7. The van der Waals surface area contributed by atoms with Crippen molar-refractivity contribution in [1.29, 1.82) is 0 Å². The third-order valence-electron chi connectivity index (χ3n) is 5.63. The molecule has 1 amide bonds. The van der Waals surface area contributed by atoms with E-state index in [2.05, 4.69) is 21.5 Å². The minimum absolute atomic E-state index is 0.123. The van der Waals surface area contributed by atoms with Crippen LogP contribution >= 0.6 is 0 Å². The second-order valence-corrected chi connectivity index (χ2v) is 8.05. The summed E-state index contributed by atoms with van der Waals surface area (Å²) < 4.78 is 13.5. The molecule has 0 saturated heterocycles. The van der Waals surface area contributed by atoms with Crippen LogP contribution in [0, 0.1) is 13.8 Å². The summed E-state index contributed by atoms with van der Waals surface area (Å²) in [7, 11) is 3.16. The van der Waals surface area contributed by atoms with Gasteiger partial charge >= 0.3 is 0 Å². The van der Waals surface area contributed by atoms with Crippen molar-refractivity contribution in [2.75, 3.05) is 20.8 Å². The van der Waals surface area contributed by atoms with E-state index in [0.717, 1.165) is 22.4 Å². The maximum absolute atomic E-state index is 12.9. The van der Waals surface area contributed by atoms with Gasteiger partial charge in [0.25, 0.3) is 5.56 Å². The summed E-state index contributed by atoms with van der Waals surface area (Å²) >= 11 is 0. The number of hydrogen-bond acceptors (Lipinski definition) is 6. The third-order valence-corrected chi connectivity index (χ3v) is 5.63. The average Bonchev–Trinajstić information content (AvgIpc) is 3.25. The van der Waals surface area contributed by atoms with Gasteiger partial charge in [0.1, 0.15) is 18.3 Å². The molecule has 0 fully saturated rings. The van der Waals surface area contributed by atoms with E-state index in [-0.39, 0.29) is 18.0 Å². The van der Waals surface area contributed by atoms with Gasteiger partial charge in [-0.1, -0.05) is 23.8 Å². The number of benzene rings is 2. The summed E-state index contributed by atoms with van der Waals surface area (Å²) in [6.07, 6.45) is 3.50. The Hall–Kier alpha value is -4.14. The minimum atomic E-state index is -0.309. The lowest BCUT2D eigenvalue weighted by atomic mass is 10.1. The Bertz CT molecular complexity index is 1410. The van der Waals surface area contributed by atoms with Crippen LogP contribution in [0.3, 0.4) is 0 Å². The van der Waals surface area contributed by atoms with E-state index in [0.29, 0.717) is 35.5 Å². The smallest absolute Gasteiger partial charge is 0.264 e. The molecule has 4 aromatic rings. The van der Waals surface area contributed by atoms with Crippen molar-refractivity contribution in [1.82, 2.24) is 24.6 Å². The molecule has 9 heteroatoms. The summed E-state index contributed by atoms with van der Waals surface area (Å²) in [6, 6.07) is 11.6. The van der Waals surface area contributed by atoms with Crippen molar-refractivity contribution >= 4 is 16.9 Å². The van der Waals surface area contributed by atoms with E-state index in [1.54, 1.807) is 18.9 Å². The molecule has 34 heavy (non-hydrogen) atoms. The SMILES string of the molecule is COc1ccc(CCNC(=O)Cn2cnc3c(cnn3-c3ccc(C)cc3C)c2=O)cc1OC. The monoisotopic (exact) mass is 461 g/mol. The van der Waals surface area contributed by atoms with Gasteiger partial charge in [0, 0.05) is 6.54 Å². The molecule has 1 N–H and O–H groups in total. The van der Waals surface area contributed by atoms with Crippen LogP contribution in [0.1, 0.15) is 16.7 Å². The van der Waals surface area contributed by atoms with Gasteiger partial charge in [-0.3, -0.25) is 14.2 Å². The Labute approximate surface area is 197 Å². The van der Waals surface area contributed by atoms with E-state index in [4.69, 9.17) is 9.47 Å². The predicted octanol–water partition coefficient (Wildman–Crippen LogP) is 2.58. The number of aromatic nitrogens is 4. The van der Waals surface area contributed by atoms with Crippen LogP contribution < -0.4 is 20.3 Å². The number of methoxy groups -OCH3 is 2. The number of ether oxygens (including phenoxy) is 2. The van der Waals surface area contributed by atoms with Crippen LogP contribution in [0.15, 0.2) is 53.7 Å². The van der Waals surface area contributed by atoms with Gasteiger partial charge in [0.05, 0.1) is 26.1 Å². The molecular weight excluding hydrogens is 434 g/mol. The molecule has 2 aromatic carbocycles. The molecule has 0 aliphatic heterocycles. The number of nitrogens with one attached hydrogen (secondary N) is 1. The lowest BCUT2D eigenvalue weighted by molar-refractivity contribution is -0.121. The van der Waals surface area contributed by atoms with Crippen molar-refractivity contribution in [3.8, 4) is 17.2 Å². The molecule has 2 heterocycles. The highest BCUT2D eigenvalue weighted by atomic mass is 16.5. The van der Waals surface area contributed by atoms with Gasteiger partial charge in [-0.2, -0.15) is 5.10 Å². The number of carbonyl (C=O) groups is 1. The first-order valence-corrected chi connectivity index (χ1v) is 10.9. The summed E-state index contributed by atoms with van der Waals surface area (Å²) in [5, 5.41) is 7.57. The van der Waals surface area contributed by atoms with Gasteiger partial charge < -0.3 is 14.8 Å². The first-order valence-electron chi connectivity index (χ1n) is 10.9. The normalized spacial score (nSPS) is 10.9. The first kappa shape index (κ1) is 23.0. The zero-order chi connectivity index (χ0) is 24.2. The van der Waals surface area contributed by atoms with E-state index in [9.17, 15) is 9.59 Å². The van der Waals surface area contributed by atoms with Crippen LogP contribution in [-0.4, -0.2) is 46.0 Å². The highest BCUT2D eigenvalue weighted by Crippen LogP contribution is 2.27. The van der Waals surface area contributed by atoms with Crippen LogP contribution in [0.5, 0.6) is 11.5 Å². The van der Waals surface area contributed by atoms with Crippen molar-refractivity contribution in [2.45, 2.75) is 26.8 Å². The Balaban J connectivity index is 1.44. The number of carbonyl (C=O) groups excluding carboxylic acids is 1. The van der Waals surface area contributed by atoms with E-state index >= 15 is 0 Å². The lowest BCUT2D eigenvalue weighted by Gasteiger charge is -2.11. The van der Waals surface area contributed by atoms with Crippen molar-refractivity contribution in [3.05, 3.63) is 76.0 Å². The Morgan fingerprint density at radius 3 is 2.59 bits per heavy atom. The summed E-state index contributed by atoms with van der Waals surface area (Å²) in [4.78, 5) is 29.8. The molecule has 2 aromatic heterocycles. The second kappa shape index (κ2) is 9.78. The summed E-state index contributed by atoms with van der Waals surface area (Å²) in [6.45, 7) is 4.31. The van der Waals surface area contributed by atoms with Gasteiger partial charge in [0.15, 0.2) is 17.1 Å². The number of aryl methyl sites for hydroxylation is 2. The van der Waals surface area contributed by atoms with Crippen molar-refractivity contribution in [3.63, 3.8) is 0 Å². The van der Waals surface area contributed by atoms with Crippen LogP contribution in [0.25, 0.3) is 16.7 Å². The number of nitrogens with zero attached hydrogens (tertiary/aromatic N) is 4. The molecule has 0 atom stereocenters. The van der Waals surface area contributed by atoms with Gasteiger partial charge in [-0.05, 0) is 49.6 Å². The molecule has 0 unspecified atom stereocenters. The van der Waals surface area contributed by atoms with Crippen LogP contribution in [-0.2, 0) is 17.8 Å². The average molecular weight is 462 g/mol. The highest BCUT2D eigenvalue weighted by molar-refractivity contribution is 5.78. The number of fused-ring (bicyclic) bond motifs is 1. The molecule has 0 saturated carbocycles. The van der Waals surface area contributed by atoms with E-state index in [1.165, 1.54) is 17.1 Å². The van der Waals surface area contributed by atoms with Crippen LogP contribution in [0.2, 0.25) is 0 Å². The minimum Gasteiger partial charge on any atom is -0.493 e. The zero-order valence-corrected chi connectivity index (χ0v) is 19.7. The maximum Gasteiger partial charge on any atom is 0.264 e. The van der Waals surface area contributed by atoms with Crippen molar-refractivity contribution in [2.24, 2.45) is 0 Å². The fraction of sp³-hybridized carbons (Fsp3) is 0.280. The number of amides is 1. The Kier molecular flexibility index (Phi) is 6.62. The highest BCUT2D eigenvalue weighted by Gasteiger charge is 2.14. The van der Waals surface area contributed by atoms with Gasteiger partial charge in [-0.25, -0.2) is 9.67 Å². The number of hydrogen-bond donors (Lipinski definition) is 1. The summed E-state index contributed by atoms with van der Waals surface area (Å²) in [5.74, 6) is 1.02. The topological polar surface area (TPSA) is 100 Å². The Morgan fingerprint density at radius 1 is 1.06 bits per heavy atom.